The molecule has 3 atom stereocenters. The highest BCUT2D eigenvalue weighted by atomic mass is 16.6. The van der Waals surface area contributed by atoms with Gasteiger partial charge in [0.05, 0.1) is 25.2 Å². The molecular formula is C12H22O7. The minimum absolute atomic E-state index is 0.0473. The van der Waals surface area contributed by atoms with Crippen molar-refractivity contribution >= 4 is 11.9 Å². The predicted octanol–water partition coefficient (Wildman–Crippen LogP) is 0.195. The zero-order chi connectivity index (χ0) is 14.8. The van der Waals surface area contributed by atoms with Gasteiger partial charge >= 0.3 is 11.9 Å². The first-order valence-corrected chi connectivity index (χ1v) is 6.16. The van der Waals surface area contributed by atoms with Crippen molar-refractivity contribution in [2.24, 2.45) is 0 Å². The van der Waals surface area contributed by atoms with Crippen molar-refractivity contribution in [3.05, 3.63) is 0 Å². The van der Waals surface area contributed by atoms with Gasteiger partial charge in [-0.2, -0.15) is 0 Å². The number of hydrogen-bond donors (Lipinski definition) is 2. The van der Waals surface area contributed by atoms with E-state index in [1.807, 2.05) is 13.8 Å². The summed E-state index contributed by atoms with van der Waals surface area (Å²) in [7, 11) is 0. The lowest BCUT2D eigenvalue weighted by molar-refractivity contribution is -0.161. The van der Waals surface area contributed by atoms with E-state index in [0.717, 1.165) is 0 Å². The number of hydrogen-bond acceptors (Lipinski definition) is 6. The van der Waals surface area contributed by atoms with Crippen LogP contribution in [0.1, 0.15) is 27.2 Å². The maximum Gasteiger partial charge on any atom is 0.335 e. The predicted molar refractivity (Wildman–Crippen MR) is 65.7 cm³/mol. The van der Waals surface area contributed by atoms with Gasteiger partial charge in [-0.3, -0.25) is 4.79 Å². The first kappa shape index (κ1) is 17.8. The zero-order valence-electron chi connectivity index (χ0n) is 11.5. The molecule has 7 nitrogen and oxygen atoms in total. The van der Waals surface area contributed by atoms with Crippen LogP contribution in [0.15, 0.2) is 0 Å². The second kappa shape index (κ2) is 9.71. The van der Waals surface area contributed by atoms with Crippen LogP contribution in [0, 0.1) is 0 Å². The SMILES string of the molecule is CCOC(C)COC(C)COC(=O)C(O)CC(=O)O. The Hall–Kier alpha value is -1.18. The molecule has 0 radical (unpaired) electrons. The molecule has 112 valence electrons. The monoisotopic (exact) mass is 278 g/mol. The number of ether oxygens (including phenoxy) is 3. The molecule has 0 aromatic heterocycles. The molecule has 0 aliphatic carbocycles. The molecule has 0 fully saturated rings. The molecule has 0 bridgehead atoms. The lowest BCUT2D eigenvalue weighted by Crippen LogP contribution is -2.30. The summed E-state index contributed by atoms with van der Waals surface area (Å²) in [6.45, 7) is 6.35. The van der Waals surface area contributed by atoms with Crippen molar-refractivity contribution in [3.63, 3.8) is 0 Å². The first-order chi connectivity index (χ1) is 8.86. The van der Waals surface area contributed by atoms with Crippen LogP contribution in [0.25, 0.3) is 0 Å². The van der Waals surface area contributed by atoms with E-state index in [-0.39, 0.29) is 18.8 Å². The average Bonchev–Trinajstić information content (AvgIpc) is 2.32. The van der Waals surface area contributed by atoms with E-state index in [4.69, 9.17) is 19.3 Å². The molecule has 0 saturated carbocycles. The second-order valence-corrected chi connectivity index (χ2v) is 4.15. The van der Waals surface area contributed by atoms with Crippen LogP contribution < -0.4 is 0 Å². The fourth-order valence-corrected chi connectivity index (χ4v) is 1.22. The van der Waals surface area contributed by atoms with Crippen LogP contribution in [0.4, 0.5) is 0 Å². The Labute approximate surface area is 112 Å². The first-order valence-electron chi connectivity index (χ1n) is 6.16. The summed E-state index contributed by atoms with van der Waals surface area (Å²) in [5, 5.41) is 17.6. The van der Waals surface area contributed by atoms with Crippen molar-refractivity contribution < 1.29 is 34.0 Å². The number of aliphatic carboxylic acids is 1. The van der Waals surface area contributed by atoms with Crippen molar-refractivity contribution in [3.8, 4) is 0 Å². The lowest BCUT2D eigenvalue weighted by atomic mass is 10.2. The topological polar surface area (TPSA) is 102 Å². The van der Waals surface area contributed by atoms with Gasteiger partial charge in [-0.05, 0) is 20.8 Å². The Morgan fingerprint density at radius 2 is 1.68 bits per heavy atom. The molecule has 0 aliphatic rings. The van der Waals surface area contributed by atoms with E-state index in [1.54, 1.807) is 6.92 Å². The molecular weight excluding hydrogens is 256 g/mol. The number of carbonyl (C=O) groups excluding carboxylic acids is 1. The van der Waals surface area contributed by atoms with Gasteiger partial charge in [0.1, 0.15) is 6.61 Å². The Morgan fingerprint density at radius 3 is 2.21 bits per heavy atom. The third-order valence-electron chi connectivity index (χ3n) is 2.17. The second-order valence-electron chi connectivity index (χ2n) is 4.15. The van der Waals surface area contributed by atoms with E-state index in [1.165, 1.54) is 0 Å². The minimum Gasteiger partial charge on any atom is -0.481 e. The minimum atomic E-state index is -1.65. The summed E-state index contributed by atoms with van der Waals surface area (Å²) >= 11 is 0. The molecule has 0 spiro atoms. The Kier molecular flexibility index (Phi) is 9.11. The number of aliphatic hydroxyl groups excluding tert-OH is 1. The zero-order valence-corrected chi connectivity index (χ0v) is 11.5. The van der Waals surface area contributed by atoms with Crippen molar-refractivity contribution in [1.82, 2.24) is 0 Å². The molecule has 0 aromatic rings. The van der Waals surface area contributed by atoms with Crippen LogP contribution in [0.2, 0.25) is 0 Å². The Balaban J connectivity index is 3.80. The number of carbonyl (C=O) groups is 2. The van der Waals surface area contributed by atoms with Crippen molar-refractivity contribution in [1.29, 1.82) is 0 Å². The molecule has 7 heteroatoms. The third kappa shape index (κ3) is 9.40. The summed E-state index contributed by atoms with van der Waals surface area (Å²) in [5.74, 6) is -2.23. The molecule has 0 heterocycles. The van der Waals surface area contributed by atoms with Crippen molar-refractivity contribution in [2.45, 2.75) is 45.5 Å². The molecule has 0 aliphatic heterocycles. The largest absolute Gasteiger partial charge is 0.481 e. The fraction of sp³-hybridized carbons (Fsp3) is 0.833. The van der Waals surface area contributed by atoms with E-state index in [9.17, 15) is 14.7 Å². The molecule has 2 N–H and O–H groups in total. The highest BCUT2D eigenvalue weighted by molar-refractivity contribution is 5.80. The van der Waals surface area contributed by atoms with Crippen LogP contribution in [-0.2, 0) is 23.8 Å². The fourth-order valence-electron chi connectivity index (χ4n) is 1.22. The molecule has 0 amide bonds. The van der Waals surface area contributed by atoms with E-state index in [2.05, 4.69) is 0 Å². The Bertz CT molecular complexity index is 279. The summed E-state index contributed by atoms with van der Waals surface area (Å²) < 4.78 is 15.4. The summed E-state index contributed by atoms with van der Waals surface area (Å²) in [4.78, 5) is 21.5. The van der Waals surface area contributed by atoms with Gasteiger partial charge in [0.25, 0.3) is 0 Å². The van der Waals surface area contributed by atoms with Crippen molar-refractivity contribution in [2.75, 3.05) is 19.8 Å². The normalized spacial score (nSPS) is 15.6. The number of carboxylic acid groups (broad SMARTS) is 1. The van der Waals surface area contributed by atoms with Gasteiger partial charge in [0.2, 0.25) is 0 Å². The standard InChI is InChI=1S/C12H22O7/c1-4-17-8(2)6-18-9(3)7-19-12(16)10(13)5-11(14)15/h8-10,13H,4-7H2,1-3H3,(H,14,15). The molecule has 19 heavy (non-hydrogen) atoms. The van der Waals surface area contributed by atoms with Gasteiger partial charge in [0.15, 0.2) is 6.10 Å². The van der Waals surface area contributed by atoms with Crippen LogP contribution in [0.5, 0.6) is 0 Å². The van der Waals surface area contributed by atoms with Gasteiger partial charge in [-0.1, -0.05) is 0 Å². The van der Waals surface area contributed by atoms with Gasteiger partial charge in [-0.25, -0.2) is 4.79 Å². The van der Waals surface area contributed by atoms with Crippen LogP contribution in [0.3, 0.4) is 0 Å². The summed E-state index contributed by atoms with van der Waals surface area (Å²) in [6, 6.07) is 0. The molecule has 3 unspecified atom stereocenters. The van der Waals surface area contributed by atoms with Gasteiger partial charge < -0.3 is 24.4 Å². The van der Waals surface area contributed by atoms with Crippen LogP contribution >= 0.6 is 0 Å². The maximum atomic E-state index is 11.2. The van der Waals surface area contributed by atoms with E-state index < -0.39 is 24.5 Å². The average molecular weight is 278 g/mol. The maximum absolute atomic E-state index is 11.2. The molecule has 0 aromatic carbocycles. The summed E-state index contributed by atoms with van der Waals surface area (Å²) in [5.41, 5.74) is 0. The molecule has 0 rings (SSSR count). The van der Waals surface area contributed by atoms with E-state index in [0.29, 0.717) is 13.2 Å². The molecule has 0 saturated heterocycles. The van der Waals surface area contributed by atoms with Gasteiger partial charge in [0, 0.05) is 6.61 Å². The number of rotatable bonds is 10. The highest BCUT2D eigenvalue weighted by Crippen LogP contribution is 2.00. The highest BCUT2D eigenvalue weighted by Gasteiger charge is 2.20. The van der Waals surface area contributed by atoms with Crippen LogP contribution in [-0.4, -0.2) is 60.3 Å². The number of aliphatic hydroxyl groups is 1. The number of esters is 1. The summed E-state index contributed by atoms with van der Waals surface area (Å²) in [6.07, 6.45) is -2.73. The quantitative estimate of drug-likeness (QED) is 0.550. The smallest absolute Gasteiger partial charge is 0.335 e. The third-order valence-corrected chi connectivity index (χ3v) is 2.17. The lowest BCUT2D eigenvalue weighted by Gasteiger charge is -2.17. The number of carboxylic acids is 1. The Morgan fingerprint density at radius 1 is 1.11 bits per heavy atom. The van der Waals surface area contributed by atoms with Gasteiger partial charge in [-0.15, -0.1) is 0 Å². The van der Waals surface area contributed by atoms with E-state index >= 15 is 0 Å².